The van der Waals surface area contributed by atoms with Crippen molar-refractivity contribution in [3.05, 3.63) is 130 Å². The predicted molar refractivity (Wildman–Crippen MR) is 244 cm³/mol. The first kappa shape index (κ1) is 80.9. The van der Waals surface area contributed by atoms with Crippen LogP contribution in [0.5, 0.6) is 0 Å². The summed E-state index contributed by atoms with van der Waals surface area (Å²) >= 11 is 0. The van der Waals surface area contributed by atoms with E-state index in [0.29, 0.717) is 0 Å². The maximum atomic E-state index is 11.0. The van der Waals surface area contributed by atoms with Crippen LogP contribution in [0.25, 0.3) is 0 Å². The van der Waals surface area contributed by atoms with Crippen LogP contribution in [-0.4, -0.2) is 0 Å². The van der Waals surface area contributed by atoms with Gasteiger partial charge in [-0.1, -0.05) is 55.7 Å². The van der Waals surface area contributed by atoms with Crippen LogP contribution in [-0.2, 0) is 0 Å². The zero-order valence-electron chi connectivity index (χ0n) is 41.1. The van der Waals surface area contributed by atoms with Gasteiger partial charge in [-0.05, 0) is 203 Å². The number of rotatable bonds is 0. The van der Waals surface area contributed by atoms with Crippen molar-refractivity contribution in [1.29, 1.82) is 0 Å². The van der Waals surface area contributed by atoms with E-state index in [4.69, 9.17) is 0 Å². The minimum absolute atomic E-state index is 0.0926. The van der Waals surface area contributed by atoms with Gasteiger partial charge in [-0.3, -0.25) is 0 Å². The highest BCUT2D eigenvalue weighted by Crippen LogP contribution is 2.04. The average molecular weight is 817 g/mol. The molecule has 0 bridgehead atoms. The van der Waals surface area contributed by atoms with Gasteiger partial charge in [0.1, 0.15) is 0 Å². The van der Waals surface area contributed by atoms with Crippen molar-refractivity contribution in [2.75, 3.05) is 0 Å². The Hall–Kier alpha value is -3.42. The summed E-state index contributed by atoms with van der Waals surface area (Å²) in [6.45, 7) is 65.9. The lowest BCUT2D eigenvalue weighted by Crippen LogP contribution is -1.66. The molecule has 0 aliphatic heterocycles. The molecular formula is C48H88F8. The Bertz CT molecular complexity index is 861. The Morgan fingerprint density at radius 1 is 0.196 bits per heavy atom. The summed E-state index contributed by atoms with van der Waals surface area (Å²) in [5, 5.41) is 0. The standard InChI is InChI=1S/3C6H12.3C4H6F2.4C4H8.C2H2F2/c3*1-5(2)6(3)4;3*1-3(2)4(5)6;4*1-4(2)3;1-2(3)4/h3*1-4H3;3*1-2H3;4*1H2,2-3H3;1H2. The predicted octanol–water partition coefficient (Wildman–Crippen LogP) is 21.3. The summed E-state index contributed by atoms with van der Waals surface area (Å²) in [6, 6.07) is 0. The molecule has 0 atom stereocenters. The second-order valence-corrected chi connectivity index (χ2v) is 14.9. The lowest BCUT2D eigenvalue weighted by atomic mass is 10.2. The van der Waals surface area contributed by atoms with Gasteiger partial charge in [-0.25, -0.2) is 0 Å². The van der Waals surface area contributed by atoms with E-state index < -0.39 is 24.3 Å². The Kier molecular flexibility index (Phi) is 84.2. The first-order valence-electron chi connectivity index (χ1n) is 17.8. The summed E-state index contributed by atoms with van der Waals surface area (Å²) in [7, 11) is 0. The molecule has 0 unspecified atom stereocenters. The lowest BCUT2D eigenvalue weighted by molar-refractivity contribution is 0.411. The van der Waals surface area contributed by atoms with Gasteiger partial charge in [0.15, 0.2) is 0 Å². The molecule has 0 aromatic heterocycles. The number of halogens is 8. The summed E-state index contributed by atoms with van der Waals surface area (Å²) < 4.78 is 86.5. The SMILES string of the molecule is C=C(C)C.C=C(C)C.C=C(C)C.C=C(C)C.C=C(F)F.CC(C)=C(C)C.CC(C)=C(C)C.CC(C)=C(C)C.CC(C)=C(F)F.CC(C)=C(F)F.CC(C)=C(F)F. The highest BCUT2D eigenvalue weighted by molar-refractivity contribution is 5.03. The molecule has 0 spiro atoms. The third-order valence-electron chi connectivity index (χ3n) is 4.13. The number of hydrogen-bond donors (Lipinski definition) is 0. The van der Waals surface area contributed by atoms with Gasteiger partial charge in [0.05, 0.1) is 0 Å². The maximum Gasteiger partial charge on any atom is 0.268 e. The molecule has 0 N–H and O–H groups in total. The van der Waals surface area contributed by atoms with Gasteiger partial charge in [0.25, 0.3) is 24.3 Å². The molecule has 0 heterocycles. The average Bonchev–Trinajstić information content (AvgIpc) is 2.93. The quantitative estimate of drug-likeness (QED) is 0.169. The van der Waals surface area contributed by atoms with Gasteiger partial charge in [0.2, 0.25) is 0 Å². The van der Waals surface area contributed by atoms with Crippen LogP contribution >= 0.6 is 0 Å². The molecular weight excluding hydrogens is 729 g/mol. The summed E-state index contributed by atoms with van der Waals surface area (Å²) in [4.78, 5) is 0. The first-order chi connectivity index (χ1) is 24.5. The minimum Gasteiger partial charge on any atom is -0.174 e. The minimum atomic E-state index is -1.83. The Labute approximate surface area is 344 Å². The highest BCUT2D eigenvalue weighted by Gasteiger charge is 1.88. The van der Waals surface area contributed by atoms with Crippen molar-refractivity contribution in [2.24, 2.45) is 0 Å². The van der Waals surface area contributed by atoms with Crippen molar-refractivity contribution in [2.45, 2.75) is 180 Å². The molecule has 8 heteroatoms. The topological polar surface area (TPSA) is 0 Å². The second-order valence-electron chi connectivity index (χ2n) is 14.9. The van der Waals surface area contributed by atoms with Crippen LogP contribution in [0, 0.1) is 0 Å². The van der Waals surface area contributed by atoms with E-state index in [-0.39, 0.29) is 16.7 Å². The van der Waals surface area contributed by atoms with Gasteiger partial charge in [0, 0.05) is 0 Å². The molecule has 0 amide bonds. The number of allylic oxidation sites excluding steroid dienone is 13. The fourth-order valence-electron chi connectivity index (χ4n) is 0. The fraction of sp³-hybridized carbons (Fsp3) is 0.542. The van der Waals surface area contributed by atoms with Gasteiger partial charge >= 0.3 is 0 Å². The van der Waals surface area contributed by atoms with E-state index in [2.05, 4.69) is 116 Å². The van der Waals surface area contributed by atoms with Crippen LogP contribution < -0.4 is 0 Å². The van der Waals surface area contributed by atoms with E-state index in [0.717, 1.165) is 0 Å². The molecule has 0 fully saturated rings. The smallest absolute Gasteiger partial charge is 0.174 e. The zero-order valence-corrected chi connectivity index (χ0v) is 41.1. The summed E-state index contributed by atoms with van der Waals surface area (Å²) in [6.07, 6.45) is -6.56. The molecule has 0 aliphatic carbocycles. The van der Waals surface area contributed by atoms with Crippen LogP contribution in [0.4, 0.5) is 35.1 Å². The van der Waals surface area contributed by atoms with E-state index in [9.17, 15) is 35.1 Å². The Balaban J connectivity index is -0.0000000444. The van der Waals surface area contributed by atoms with Crippen LogP contribution in [0.15, 0.2) is 130 Å². The lowest BCUT2D eigenvalue weighted by Gasteiger charge is -1.88. The maximum absolute atomic E-state index is 11.0. The van der Waals surface area contributed by atoms with Crippen molar-refractivity contribution >= 4 is 0 Å². The van der Waals surface area contributed by atoms with Crippen LogP contribution in [0.3, 0.4) is 0 Å². The van der Waals surface area contributed by atoms with E-state index in [1.807, 2.05) is 55.4 Å². The summed E-state index contributed by atoms with van der Waals surface area (Å²) in [5.41, 5.74) is 13.5. The fourth-order valence-corrected chi connectivity index (χ4v) is 0. The van der Waals surface area contributed by atoms with Crippen molar-refractivity contribution in [3.8, 4) is 0 Å². The molecule has 0 rings (SSSR count). The third kappa shape index (κ3) is 294. The largest absolute Gasteiger partial charge is 0.268 e. The third-order valence-corrected chi connectivity index (χ3v) is 4.13. The van der Waals surface area contributed by atoms with Gasteiger partial charge < -0.3 is 0 Å². The van der Waals surface area contributed by atoms with Crippen molar-refractivity contribution in [1.82, 2.24) is 0 Å². The molecule has 0 aromatic carbocycles. The summed E-state index contributed by atoms with van der Waals surface area (Å²) in [5.74, 6) is 0. The zero-order chi connectivity index (χ0) is 48.8. The highest BCUT2D eigenvalue weighted by atomic mass is 19.3. The molecule has 0 nitrogen and oxygen atoms in total. The van der Waals surface area contributed by atoms with Crippen molar-refractivity contribution < 1.29 is 35.1 Å². The monoisotopic (exact) mass is 817 g/mol. The molecule has 336 valence electrons. The second kappa shape index (κ2) is 58.3. The molecule has 0 saturated carbocycles. The molecule has 0 aromatic rings. The molecule has 56 heavy (non-hydrogen) atoms. The molecule has 0 radical (unpaired) electrons. The van der Waals surface area contributed by atoms with E-state index in [1.165, 1.54) is 97.3 Å². The van der Waals surface area contributed by atoms with Crippen LogP contribution in [0.2, 0.25) is 0 Å². The number of hydrogen-bond acceptors (Lipinski definition) is 0. The van der Waals surface area contributed by atoms with Crippen LogP contribution in [0.1, 0.15) is 180 Å². The van der Waals surface area contributed by atoms with E-state index in [1.54, 1.807) is 0 Å². The van der Waals surface area contributed by atoms with Crippen molar-refractivity contribution in [3.63, 3.8) is 0 Å². The van der Waals surface area contributed by atoms with Gasteiger partial charge in [-0.15, -0.1) is 26.3 Å². The molecule has 0 saturated heterocycles. The Morgan fingerprint density at radius 3 is 0.232 bits per heavy atom. The van der Waals surface area contributed by atoms with E-state index >= 15 is 0 Å². The molecule has 0 aliphatic rings. The first-order valence-corrected chi connectivity index (χ1v) is 17.8. The normalized spacial score (nSPS) is 7.46. The van der Waals surface area contributed by atoms with Gasteiger partial charge in [-0.2, -0.15) is 35.1 Å². The Morgan fingerprint density at radius 2 is 0.232 bits per heavy atom.